The standard InChI is InChI=1S/C10H12N2O6/c11-8(13)5-17-4-3-12-9(14)6-1-2-7(18-6)10(15)16/h1-2H,3-5H2,(H2,11,13)(H,12,14)(H,15,16). The van der Waals surface area contributed by atoms with Crippen LogP contribution < -0.4 is 11.1 Å². The molecule has 2 amide bonds. The molecule has 18 heavy (non-hydrogen) atoms. The maximum atomic E-state index is 11.4. The molecule has 0 atom stereocenters. The average molecular weight is 256 g/mol. The van der Waals surface area contributed by atoms with Crippen molar-refractivity contribution in [3.63, 3.8) is 0 Å². The Labute approximate surface area is 102 Å². The summed E-state index contributed by atoms with van der Waals surface area (Å²) in [5.41, 5.74) is 4.83. The quantitative estimate of drug-likeness (QED) is 0.548. The molecule has 0 bridgehead atoms. The number of nitrogens with two attached hydrogens (primary N) is 1. The Morgan fingerprint density at radius 3 is 2.56 bits per heavy atom. The van der Waals surface area contributed by atoms with Crippen molar-refractivity contribution >= 4 is 17.8 Å². The number of carbonyl (C=O) groups excluding carboxylic acids is 2. The van der Waals surface area contributed by atoms with Gasteiger partial charge in [0, 0.05) is 6.54 Å². The molecule has 0 spiro atoms. The van der Waals surface area contributed by atoms with Crippen LogP contribution in [0, 0.1) is 0 Å². The minimum atomic E-state index is -1.25. The summed E-state index contributed by atoms with van der Waals surface area (Å²) in [6.07, 6.45) is 0. The number of hydrogen-bond acceptors (Lipinski definition) is 5. The van der Waals surface area contributed by atoms with Crippen LogP contribution in [0.15, 0.2) is 16.5 Å². The lowest BCUT2D eigenvalue weighted by atomic mass is 10.4. The van der Waals surface area contributed by atoms with E-state index < -0.39 is 17.8 Å². The van der Waals surface area contributed by atoms with Gasteiger partial charge in [-0.3, -0.25) is 9.59 Å². The van der Waals surface area contributed by atoms with Crippen molar-refractivity contribution in [2.45, 2.75) is 0 Å². The summed E-state index contributed by atoms with van der Waals surface area (Å²) in [5.74, 6) is -2.84. The Balaban J connectivity index is 2.32. The molecule has 0 unspecified atom stereocenters. The van der Waals surface area contributed by atoms with Crippen LogP contribution in [-0.4, -0.2) is 42.6 Å². The highest BCUT2D eigenvalue weighted by Gasteiger charge is 2.14. The van der Waals surface area contributed by atoms with E-state index >= 15 is 0 Å². The minimum absolute atomic E-state index is 0.109. The van der Waals surface area contributed by atoms with Crippen LogP contribution in [0.2, 0.25) is 0 Å². The summed E-state index contributed by atoms with van der Waals surface area (Å²) < 4.78 is 9.59. The summed E-state index contributed by atoms with van der Waals surface area (Å²) in [6, 6.07) is 2.43. The summed E-state index contributed by atoms with van der Waals surface area (Å²) in [7, 11) is 0. The molecule has 0 fully saturated rings. The van der Waals surface area contributed by atoms with E-state index in [9.17, 15) is 14.4 Å². The van der Waals surface area contributed by atoms with Crippen molar-refractivity contribution in [3.05, 3.63) is 23.7 Å². The number of furan rings is 1. The zero-order valence-electron chi connectivity index (χ0n) is 9.34. The van der Waals surface area contributed by atoms with Crippen molar-refractivity contribution in [2.24, 2.45) is 5.73 Å². The van der Waals surface area contributed by atoms with Gasteiger partial charge in [0.25, 0.3) is 5.91 Å². The SMILES string of the molecule is NC(=O)COCCNC(=O)c1ccc(C(=O)O)o1. The molecule has 1 rings (SSSR count). The van der Waals surface area contributed by atoms with Crippen LogP contribution in [-0.2, 0) is 9.53 Å². The molecule has 0 saturated heterocycles. The fourth-order valence-corrected chi connectivity index (χ4v) is 1.07. The van der Waals surface area contributed by atoms with Gasteiger partial charge in [-0.25, -0.2) is 4.79 Å². The Hall–Kier alpha value is -2.35. The Kier molecular flexibility index (Phi) is 4.88. The van der Waals surface area contributed by atoms with Crippen LogP contribution >= 0.6 is 0 Å². The van der Waals surface area contributed by atoms with E-state index in [-0.39, 0.29) is 31.3 Å². The first-order valence-electron chi connectivity index (χ1n) is 4.98. The molecule has 1 aromatic rings. The normalized spacial score (nSPS) is 10.0. The first-order chi connectivity index (χ1) is 8.50. The number of amides is 2. The minimum Gasteiger partial charge on any atom is -0.475 e. The highest BCUT2D eigenvalue weighted by atomic mass is 16.5. The number of hydrogen-bond donors (Lipinski definition) is 3. The highest BCUT2D eigenvalue weighted by molar-refractivity contribution is 5.93. The monoisotopic (exact) mass is 256 g/mol. The van der Waals surface area contributed by atoms with Gasteiger partial charge in [0.1, 0.15) is 6.61 Å². The van der Waals surface area contributed by atoms with Gasteiger partial charge >= 0.3 is 5.97 Å². The Morgan fingerprint density at radius 2 is 2.00 bits per heavy atom. The van der Waals surface area contributed by atoms with Gasteiger partial charge in [0.05, 0.1) is 6.61 Å². The molecule has 0 aliphatic rings. The molecule has 98 valence electrons. The molecule has 1 aromatic heterocycles. The molecule has 8 heteroatoms. The van der Waals surface area contributed by atoms with Gasteiger partial charge in [-0.05, 0) is 12.1 Å². The van der Waals surface area contributed by atoms with E-state index in [1.807, 2.05) is 0 Å². The first kappa shape index (κ1) is 13.7. The molecular weight excluding hydrogens is 244 g/mol. The fraction of sp³-hybridized carbons (Fsp3) is 0.300. The number of nitrogens with one attached hydrogen (secondary N) is 1. The average Bonchev–Trinajstić information content (AvgIpc) is 2.77. The third kappa shape index (κ3) is 4.26. The number of ether oxygens (including phenoxy) is 1. The maximum Gasteiger partial charge on any atom is 0.371 e. The van der Waals surface area contributed by atoms with Crippen molar-refractivity contribution in [1.29, 1.82) is 0 Å². The van der Waals surface area contributed by atoms with E-state index in [1.54, 1.807) is 0 Å². The first-order valence-corrected chi connectivity index (χ1v) is 4.98. The van der Waals surface area contributed by atoms with E-state index in [2.05, 4.69) is 5.32 Å². The van der Waals surface area contributed by atoms with Crippen LogP contribution in [0.4, 0.5) is 0 Å². The van der Waals surface area contributed by atoms with Crippen molar-refractivity contribution in [2.75, 3.05) is 19.8 Å². The maximum absolute atomic E-state index is 11.4. The van der Waals surface area contributed by atoms with Crippen LogP contribution in [0.1, 0.15) is 21.1 Å². The fourth-order valence-electron chi connectivity index (χ4n) is 1.07. The van der Waals surface area contributed by atoms with Gasteiger partial charge in [0.2, 0.25) is 11.7 Å². The van der Waals surface area contributed by atoms with Gasteiger partial charge in [-0.2, -0.15) is 0 Å². The molecule has 0 aromatic carbocycles. The topological polar surface area (TPSA) is 132 Å². The Morgan fingerprint density at radius 1 is 1.33 bits per heavy atom. The molecule has 0 saturated carbocycles. The second kappa shape index (κ2) is 6.40. The lowest BCUT2D eigenvalue weighted by Crippen LogP contribution is -2.28. The molecule has 8 nitrogen and oxygen atoms in total. The molecule has 4 N–H and O–H groups in total. The summed E-state index contributed by atoms with van der Waals surface area (Å²) in [5, 5.41) is 11.0. The number of carbonyl (C=O) groups is 3. The van der Waals surface area contributed by atoms with E-state index in [0.717, 1.165) is 0 Å². The van der Waals surface area contributed by atoms with Crippen LogP contribution in [0.25, 0.3) is 0 Å². The zero-order valence-corrected chi connectivity index (χ0v) is 9.34. The lowest BCUT2D eigenvalue weighted by molar-refractivity contribution is -0.122. The number of carboxylic acids is 1. The third-order valence-electron chi connectivity index (χ3n) is 1.82. The second-order valence-corrected chi connectivity index (χ2v) is 3.24. The van der Waals surface area contributed by atoms with Gasteiger partial charge in [-0.1, -0.05) is 0 Å². The van der Waals surface area contributed by atoms with E-state index in [1.165, 1.54) is 12.1 Å². The molecule has 0 radical (unpaired) electrons. The van der Waals surface area contributed by atoms with Gasteiger partial charge in [-0.15, -0.1) is 0 Å². The largest absolute Gasteiger partial charge is 0.475 e. The number of carboxylic acid groups (broad SMARTS) is 1. The molecule has 0 aliphatic carbocycles. The van der Waals surface area contributed by atoms with Gasteiger partial charge in [0.15, 0.2) is 5.76 Å². The van der Waals surface area contributed by atoms with Crippen LogP contribution in [0.3, 0.4) is 0 Å². The lowest BCUT2D eigenvalue weighted by Gasteiger charge is -2.03. The number of primary amides is 1. The van der Waals surface area contributed by atoms with Crippen molar-refractivity contribution < 1.29 is 28.6 Å². The molecular formula is C10H12N2O6. The summed E-state index contributed by atoms with van der Waals surface area (Å²) in [6.45, 7) is 0.0379. The molecule has 1 heterocycles. The summed E-state index contributed by atoms with van der Waals surface area (Å²) in [4.78, 5) is 32.3. The van der Waals surface area contributed by atoms with E-state index in [0.29, 0.717) is 0 Å². The van der Waals surface area contributed by atoms with Crippen molar-refractivity contribution in [1.82, 2.24) is 5.32 Å². The predicted octanol–water partition coefficient (Wildman–Crippen LogP) is -0.790. The smallest absolute Gasteiger partial charge is 0.371 e. The van der Waals surface area contributed by atoms with Gasteiger partial charge < -0.3 is 25.3 Å². The van der Waals surface area contributed by atoms with E-state index in [4.69, 9.17) is 20.0 Å². The third-order valence-corrected chi connectivity index (χ3v) is 1.82. The second-order valence-electron chi connectivity index (χ2n) is 3.24. The predicted molar refractivity (Wildman–Crippen MR) is 58.0 cm³/mol. The summed E-state index contributed by atoms with van der Waals surface area (Å²) >= 11 is 0. The number of rotatable bonds is 7. The Bertz CT molecular complexity index is 453. The van der Waals surface area contributed by atoms with Crippen LogP contribution in [0.5, 0.6) is 0 Å². The molecule has 0 aliphatic heterocycles. The zero-order chi connectivity index (χ0) is 13.5. The van der Waals surface area contributed by atoms with Crippen molar-refractivity contribution in [3.8, 4) is 0 Å². The highest BCUT2D eigenvalue weighted by Crippen LogP contribution is 2.07. The number of aromatic carboxylic acids is 1.